The van der Waals surface area contributed by atoms with Crippen LogP contribution in [0.1, 0.15) is 11.3 Å². The molecule has 1 N–H and O–H groups in total. The average Bonchev–Trinajstić information content (AvgIpc) is 2.96. The van der Waals surface area contributed by atoms with E-state index in [2.05, 4.69) is 17.4 Å². The highest BCUT2D eigenvalue weighted by atomic mass is 19.1. The van der Waals surface area contributed by atoms with Crippen LogP contribution in [0.3, 0.4) is 0 Å². The van der Waals surface area contributed by atoms with Crippen LogP contribution in [0.4, 0.5) is 4.39 Å². The van der Waals surface area contributed by atoms with Crippen molar-refractivity contribution in [1.82, 2.24) is 15.1 Å². The van der Waals surface area contributed by atoms with Crippen LogP contribution in [0.2, 0.25) is 0 Å². The van der Waals surface area contributed by atoms with E-state index in [0.717, 1.165) is 36.5 Å². The van der Waals surface area contributed by atoms with E-state index in [0.29, 0.717) is 0 Å². The van der Waals surface area contributed by atoms with Crippen molar-refractivity contribution in [3.05, 3.63) is 71.7 Å². The van der Waals surface area contributed by atoms with Gasteiger partial charge < -0.3 is 5.32 Å². The maximum atomic E-state index is 13.2. The van der Waals surface area contributed by atoms with E-state index in [-0.39, 0.29) is 5.82 Å². The maximum Gasteiger partial charge on any atom is 0.123 e. The van der Waals surface area contributed by atoms with Crippen molar-refractivity contribution in [3.8, 4) is 16.9 Å². The van der Waals surface area contributed by atoms with Crippen molar-refractivity contribution < 1.29 is 4.39 Å². The summed E-state index contributed by atoms with van der Waals surface area (Å²) in [6, 6.07) is 16.7. The second kappa shape index (κ2) is 5.39. The van der Waals surface area contributed by atoms with E-state index in [1.54, 1.807) is 12.1 Å². The molecule has 0 radical (unpaired) electrons. The van der Waals surface area contributed by atoms with Crippen LogP contribution in [0.5, 0.6) is 0 Å². The van der Waals surface area contributed by atoms with E-state index in [4.69, 9.17) is 5.10 Å². The third kappa shape index (κ3) is 2.22. The lowest BCUT2D eigenvalue weighted by molar-refractivity contribution is 0.618. The largest absolute Gasteiger partial charge is 0.312 e. The number of nitrogens with one attached hydrogen (secondary N) is 1. The second-order valence-corrected chi connectivity index (χ2v) is 5.45. The van der Waals surface area contributed by atoms with E-state index >= 15 is 0 Å². The van der Waals surface area contributed by atoms with Gasteiger partial charge in [0.15, 0.2) is 0 Å². The first-order valence-corrected chi connectivity index (χ1v) is 7.46. The second-order valence-electron chi connectivity index (χ2n) is 5.45. The monoisotopic (exact) mass is 293 g/mol. The summed E-state index contributed by atoms with van der Waals surface area (Å²) in [5.41, 5.74) is 5.48. The number of aromatic nitrogens is 2. The zero-order valence-corrected chi connectivity index (χ0v) is 12.1. The first-order valence-electron chi connectivity index (χ1n) is 7.46. The lowest BCUT2D eigenvalue weighted by atomic mass is 10.0. The zero-order chi connectivity index (χ0) is 14.9. The third-order valence-corrected chi connectivity index (χ3v) is 4.05. The van der Waals surface area contributed by atoms with E-state index in [9.17, 15) is 4.39 Å². The van der Waals surface area contributed by atoms with Gasteiger partial charge >= 0.3 is 0 Å². The Morgan fingerprint density at radius 3 is 2.55 bits per heavy atom. The Hall–Kier alpha value is -2.46. The summed E-state index contributed by atoms with van der Waals surface area (Å²) in [7, 11) is 0. The summed E-state index contributed by atoms with van der Waals surface area (Å²) in [5, 5.41) is 8.23. The molecule has 3 nitrogen and oxygen atoms in total. The summed E-state index contributed by atoms with van der Waals surface area (Å²) in [6.45, 7) is 1.76. The molecule has 0 amide bonds. The van der Waals surface area contributed by atoms with Crippen LogP contribution < -0.4 is 5.32 Å². The van der Waals surface area contributed by atoms with Crippen LogP contribution in [0.15, 0.2) is 54.6 Å². The molecule has 2 aromatic carbocycles. The molecule has 0 saturated carbocycles. The van der Waals surface area contributed by atoms with Gasteiger partial charge in [-0.2, -0.15) is 5.10 Å². The summed E-state index contributed by atoms with van der Waals surface area (Å²) in [6.07, 6.45) is 0.923. The Bertz CT molecular complexity index is 791. The van der Waals surface area contributed by atoms with E-state index < -0.39 is 0 Å². The number of hydrogen-bond donors (Lipinski definition) is 1. The lowest BCUT2D eigenvalue weighted by Gasteiger charge is -2.15. The van der Waals surface area contributed by atoms with Gasteiger partial charge in [0, 0.05) is 30.6 Å². The van der Waals surface area contributed by atoms with Gasteiger partial charge in [-0.3, -0.25) is 0 Å². The fourth-order valence-electron chi connectivity index (χ4n) is 2.97. The van der Waals surface area contributed by atoms with Crippen molar-refractivity contribution in [2.45, 2.75) is 13.0 Å². The lowest BCUT2D eigenvalue weighted by Crippen LogP contribution is -2.24. The molecule has 0 atom stereocenters. The number of halogens is 1. The van der Waals surface area contributed by atoms with Gasteiger partial charge in [-0.05, 0) is 24.3 Å². The molecule has 4 heteroatoms. The Morgan fingerprint density at radius 2 is 1.77 bits per heavy atom. The molecule has 0 aliphatic carbocycles. The quantitative estimate of drug-likeness (QED) is 0.785. The molecule has 4 rings (SSSR count). The molecule has 0 unspecified atom stereocenters. The minimum Gasteiger partial charge on any atom is -0.312 e. The summed E-state index contributed by atoms with van der Waals surface area (Å²) >= 11 is 0. The SMILES string of the molecule is Fc1ccc(-n2nc(-c3ccccc3)c3c2CCNC3)cc1. The third-order valence-electron chi connectivity index (χ3n) is 4.05. The number of benzene rings is 2. The molecule has 1 aliphatic rings. The van der Waals surface area contributed by atoms with Gasteiger partial charge in [-0.15, -0.1) is 0 Å². The highest BCUT2D eigenvalue weighted by Gasteiger charge is 2.22. The van der Waals surface area contributed by atoms with Crippen LogP contribution in [0, 0.1) is 5.82 Å². The number of rotatable bonds is 2. The standard InChI is InChI=1S/C18H16FN3/c19-14-6-8-15(9-7-14)22-17-10-11-20-12-16(17)18(21-22)13-4-2-1-3-5-13/h1-9,20H,10-12H2. The highest BCUT2D eigenvalue weighted by Crippen LogP contribution is 2.29. The smallest absolute Gasteiger partial charge is 0.123 e. The molecule has 1 aliphatic heterocycles. The van der Waals surface area contributed by atoms with Gasteiger partial charge in [-0.1, -0.05) is 30.3 Å². The van der Waals surface area contributed by atoms with Gasteiger partial charge in [-0.25, -0.2) is 9.07 Å². The Kier molecular flexibility index (Phi) is 3.24. The van der Waals surface area contributed by atoms with Crippen molar-refractivity contribution in [2.24, 2.45) is 0 Å². The molecule has 0 saturated heterocycles. The Balaban J connectivity index is 1.89. The molecule has 0 fully saturated rings. The van der Waals surface area contributed by atoms with E-state index in [1.807, 2.05) is 22.9 Å². The highest BCUT2D eigenvalue weighted by molar-refractivity contribution is 5.65. The molecule has 0 spiro atoms. The van der Waals surface area contributed by atoms with Crippen molar-refractivity contribution in [2.75, 3.05) is 6.54 Å². The average molecular weight is 293 g/mol. The Labute approximate surface area is 128 Å². The number of hydrogen-bond acceptors (Lipinski definition) is 2. The van der Waals surface area contributed by atoms with Crippen molar-refractivity contribution >= 4 is 0 Å². The Morgan fingerprint density at radius 1 is 1.00 bits per heavy atom. The molecule has 2 heterocycles. The van der Waals surface area contributed by atoms with Crippen LogP contribution >= 0.6 is 0 Å². The van der Waals surface area contributed by atoms with E-state index in [1.165, 1.54) is 23.4 Å². The maximum absolute atomic E-state index is 13.2. The molecule has 3 aromatic rings. The molecule has 0 bridgehead atoms. The molecule has 1 aromatic heterocycles. The van der Waals surface area contributed by atoms with Crippen molar-refractivity contribution in [3.63, 3.8) is 0 Å². The van der Waals surface area contributed by atoms with Crippen molar-refractivity contribution in [1.29, 1.82) is 0 Å². The first kappa shape index (κ1) is 13.2. The molecule has 110 valence electrons. The van der Waals surface area contributed by atoms with Gasteiger partial charge in [0.2, 0.25) is 0 Å². The van der Waals surface area contributed by atoms with Crippen LogP contribution in [-0.4, -0.2) is 16.3 Å². The topological polar surface area (TPSA) is 29.9 Å². The van der Waals surface area contributed by atoms with Gasteiger partial charge in [0.25, 0.3) is 0 Å². The minimum absolute atomic E-state index is 0.227. The minimum atomic E-state index is -0.227. The predicted octanol–water partition coefficient (Wildman–Crippen LogP) is 3.32. The molecular weight excluding hydrogens is 277 g/mol. The first-order chi connectivity index (χ1) is 10.8. The summed E-state index contributed by atoms with van der Waals surface area (Å²) in [5.74, 6) is -0.227. The van der Waals surface area contributed by atoms with Gasteiger partial charge in [0.1, 0.15) is 5.82 Å². The zero-order valence-electron chi connectivity index (χ0n) is 12.1. The fraction of sp³-hybridized carbons (Fsp3) is 0.167. The summed E-state index contributed by atoms with van der Waals surface area (Å²) in [4.78, 5) is 0. The molecule has 22 heavy (non-hydrogen) atoms. The number of fused-ring (bicyclic) bond motifs is 1. The predicted molar refractivity (Wildman–Crippen MR) is 84.4 cm³/mol. The summed E-state index contributed by atoms with van der Waals surface area (Å²) < 4.78 is 15.1. The van der Waals surface area contributed by atoms with Gasteiger partial charge in [0.05, 0.1) is 17.1 Å². The normalized spacial score (nSPS) is 13.9. The fourth-order valence-corrected chi connectivity index (χ4v) is 2.97. The number of nitrogens with zero attached hydrogens (tertiary/aromatic N) is 2. The van der Waals surface area contributed by atoms with Crippen LogP contribution in [-0.2, 0) is 13.0 Å². The van der Waals surface area contributed by atoms with Crippen LogP contribution in [0.25, 0.3) is 16.9 Å². The molecular formula is C18H16FN3.